The Morgan fingerprint density at radius 1 is 1.40 bits per heavy atom. The predicted molar refractivity (Wildman–Crippen MR) is 77.5 cm³/mol. The Morgan fingerprint density at radius 2 is 2.10 bits per heavy atom. The molecule has 1 aliphatic rings. The summed E-state index contributed by atoms with van der Waals surface area (Å²) < 4.78 is 27.1. The van der Waals surface area contributed by atoms with Crippen LogP contribution in [0.3, 0.4) is 0 Å². The van der Waals surface area contributed by atoms with Gasteiger partial charge in [0, 0.05) is 18.3 Å². The second kappa shape index (κ2) is 5.65. The number of hydrogen-bond donors (Lipinski definition) is 3. The van der Waals surface area contributed by atoms with Crippen molar-refractivity contribution in [3.05, 3.63) is 18.3 Å². The summed E-state index contributed by atoms with van der Waals surface area (Å²) in [6.45, 7) is 0.416. The van der Waals surface area contributed by atoms with Gasteiger partial charge in [-0.25, -0.2) is 24.0 Å². The van der Waals surface area contributed by atoms with Crippen molar-refractivity contribution in [2.24, 2.45) is 5.84 Å². The molecule has 4 N–H and O–H groups in total. The molecule has 0 aliphatic heterocycles. The molecule has 0 radical (unpaired) electrons. The minimum Gasteiger partial charge on any atom is -0.308 e. The lowest BCUT2D eigenvalue weighted by atomic mass is 9.76. The molecule has 20 heavy (non-hydrogen) atoms. The number of aromatic nitrogens is 1. The zero-order valence-corrected chi connectivity index (χ0v) is 12.6. The number of nitrogens with zero attached hydrogens (tertiary/aromatic N) is 2. The van der Waals surface area contributed by atoms with Gasteiger partial charge in [-0.1, -0.05) is 0 Å². The van der Waals surface area contributed by atoms with Gasteiger partial charge in [0.15, 0.2) is 0 Å². The highest BCUT2D eigenvalue weighted by Gasteiger charge is 2.39. The summed E-state index contributed by atoms with van der Waals surface area (Å²) in [7, 11) is 0.430. The van der Waals surface area contributed by atoms with E-state index in [0.717, 1.165) is 19.3 Å². The van der Waals surface area contributed by atoms with Crippen molar-refractivity contribution in [3.8, 4) is 0 Å². The van der Waals surface area contributed by atoms with Crippen molar-refractivity contribution >= 4 is 15.8 Å². The van der Waals surface area contributed by atoms with Gasteiger partial charge in [-0.3, -0.25) is 0 Å². The van der Waals surface area contributed by atoms with Crippen LogP contribution in [0.2, 0.25) is 0 Å². The topological polar surface area (TPSA) is 100 Å². The Kier molecular flexibility index (Phi) is 4.28. The second-order valence-electron chi connectivity index (χ2n) is 5.32. The lowest BCUT2D eigenvalue weighted by molar-refractivity contribution is 0.0657. The van der Waals surface area contributed by atoms with Crippen LogP contribution < -0.4 is 16.0 Å². The minimum atomic E-state index is -3.54. The molecule has 0 spiro atoms. The van der Waals surface area contributed by atoms with Crippen LogP contribution in [0.4, 0.5) is 5.82 Å². The minimum absolute atomic E-state index is 0.0563. The fourth-order valence-electron chi connectivity index (χ4n) is 2.30. The highest BCUT2D eigenvalue weighted by atomic mass is 32.2. The molecule has 0 saturated heterocycles. The first-order valence-corrected chi connectivity index (χ1v) is 7.98. The van der Waals surface area contributed by atoms with Crippen LogP contribution in [0.5, 0.6) is 0 Å². The van der Waals surface area contributed by atoms with Gasteiger partial charge in [0.2, 0.25) is 10.0 Å². The summed E-state index contributed by atoms with van der Waals surface area (Å²) in [5, 5.41) is 0. The number of hydrogen-bond acceptors (Lipinski definition) is 6. The molecule has 1 aliphatic carbocycles. The molecule has 1 aromatic rings. The predicted octanol–water partition coefficient (Wildman–Crippen LogP) is 0.130. The average Bonchev–Trinajstić information content (AvgIpc) is 2.37. The quantitative estimate of drug-likeness (QED) is 0.510. The van der Waals surface area contributed by atoms with Gasteiger partial charge in [0.1, 0.15) is 10.7 Å². The normalized spacial score (nSPS) is 17.8. The Morgan fingerprint density at radius 3 is 2.50 bits per heavy atom. The molecule has 7 nitrogen and oxygen atoms in total. The first-order chi connectivity index (χ1) is 9.39. The number of likely N-dealkylation sites (N-methyl/N-ethyl adjacent to an activating group) is 1. The van der Waals surface area contributed by atoms with Crippen molar-refractivity contribution in [2.75, 3.05) is 26.1 Å². The Bertz CT molecular complexity index is 552. The second-order valence-corrected chi connectivity index (χ2v) is 7.09. The first kappa shape index (κ1) is 15.2. The van der Waals surface area contributed by atoms with E-state index in [4.69, 9.17) is 5.84 Å². The number of nitrogen functional groups attached to an aromatic ring is 1. The Hall–Kier alpha value is -1.22. The fraction of sp³-hybridized carbons (Fsp3) is 0.583. The molecule has 8 heteroatoms. The Balaban J connectivity index is 2.07. The summed E-state index contributed by atoms with van der Waals surface area (Å²) in [6.07, 6.45) is 4.45. The number of anilines is 1. The van der Waals surface area contributed by atoms with Gasteiger partial charge in [-0.05, 0) is 45.5 Å². The van der Waals surface area contributed by atoms with E-state index in [2.05, 4.69) is 20.0 Å². The van der Waals surface area contributed by atoms with E-state index in [1.165, 1.54) is 18.3 Å². The van der Waals surface area contributed by atoms with Crippen LogP contribution in [0, 0.1) is 0 Å². The molecule has 0 amide bonds. The molecule has 2 rings (SSSR count). The third-order valence-electron chi connectivity index (χ3n) is 4.02. The van der Waals surface area contributed by atoms with E-state index in [9.17, 15) is 8.42 Å². The lowest BCUT2D eigenvalue weighted by Gasteiger charge is -2.47. The monoisotopic (exact) mass is 299 g/mol. The third kappa shape index (κ3) is 2.93. The first-order valence-electron chi connectivity index (χ1n) is 6.49. The fourth-order valence-corrected chi connectivity index (χ4v) is 3.37. The third-order valence-corrected chi connectivity index (χ3v) is 5.41. The van der Waals surface area contributed by atoms with Crippen molar-refractivity contribution < 1.29 is 8.42 Å². The van der Waals surface area contributed by atoms with Crippen molar-refractivity contribution in [3.63, 3.8) is 0 Å². The summed E-state index contributed by atoms with van der Waals surface area (Å²) in [6, 6.07) is 3.01. The Labute approximate surface area is 119 Å². The molecular weight excluding hydrogens is 278 g/mol. The van der Waals surface area contributed by atoms with E-state index in [0.29, 0.717) is 12.4 Å². The highest BCUT2D eigenvalue weighted by molar-refractivity contribution is 7.89. The van der Waals surface area contributed by atoms with Crippen molar-refractivity contribution in [1.29, 1.82) is 0 Å². The largest absolute Gasteiger partial charge is 0.308 e. The molecule has 0 aromatic carbocycles. The maximum atomic E-state index is 12.2. The van der Waals surface area contributed by atoms with Crippen LogP contribution in [0.25, 0.3) is 0 Å². The number of nitrogens with one attached hydrogen (secondary N) is 2. The molecule has 0 bridgehead atoms. The average molecular weight is 299 g/mol. The van der Waals surface area contributed by atoms with Gasteiger partial charge >= 0.3 is 0 Å². The van der Waals surface area contributed by atoms with Crippen LogP contribution in [-0.2, 0) is 10.0 Å². The van der Waals surface area contributed by atoms with Gasteiger partial charge < -0.3 is 10.3 Å². The maximum absolute atomic E-state index is 12.2. The smallest absolute Gasteiger partial charge is 0.242 e. The number of nitrogens with two attached hydrogens (primary N) is 1. The lowest BCUT2D eigenvalue weighted by Crippen LogP contribution is -2.57. The van der Waals surface area contributed by atoms with Crippen molar-refractivity contribution in [2.45, 2.75) is 29.7 Å². The van der Waals surface area contributed by atoms with Gasteiger partial charge in [0.05, 0.1) is 0 Å². The molecule has 1 fully saturated rings. The van der Waals surface area contributed by atoms with Crippen LogP contribution >= 0.6 is 0 Å². The standard InChI is InChI=1S/C12H21N5O2S/c1-17(2)12(6-3-7-12)9-15-20(18,19)10-4-5-11(16-13)14-8-10/h4-5,8,15H,3,6-7,9,13H2,1-2H3,(H,14,16). The van der Waals surface area contributed by atoms with E-state index < -0.39 is 10.0 Å². The summed E-state index contributed by atoms with van der Waals surface area (Å²) in [5.74, 6) is 5.62. The molecule has 0 unspecified atom stereocenters. The van der Waals surface area contributed by atoms with Crippen LogP contribution in [-0.4, -0.2) is 44.5 Å². The van der Waals surface area contributed by atoms with Crippen LogP contribution in [0.15, 0.2) is 23.2 Å². The van der Waals surface area contributed by atoms with E-state index in [1.807, 2.05) is 14.1 Å². The number of rotatable bonds is 6. The zero-order valence-electron chi connectivity index (χ0n) is 11.8. The summed E-state index contributed by atoms with van der Waals surface area (Å²) >= 11 is 0. The van der Waals surface area contributed by atoms with E-state index in [1.54, 1.807) is 0 Å². The molecule has 0 atom stereocenters. The molecular formula is C12H21N5O2S. The van der Waals surface area contributed by atoms with E-state index in [-0.39, 0.29) is 10.4 Å². The number of pyridine rings is 1. The van der Waals surface area contributed by atoms with E-state index >= 15 is 0 Å². The number of sulfonamides is 1. The molecule has 112 valence electrons. The molecule has 1 heterocycles. The highest BCUT2D eigenvalue weighted by Crippen LogP contribution is 2.35. The van der Waals surface area contributed by atoms with Crippen LogP contribution in [0.1, 0.15) is 19.3 Å². The zero-order chi connectivity index (χ0) is 14.8. The molecule has 1 aromatic heterocycles. The SMILES string of the molecule is CN(C)C1(CNS(=O)(=O)c2ccc(NN)nc2)CCC1. The van der Waals surface area contributed by atoms with Crippen molar-refractivity contribution in [1.82, 2.24) is 14.6 Å². The summed E-state index contributed by atoms with van der Waals surface area (Å²) in [5.41, 5.74) is 2.31. The maximum Gasteiger partial charge on any atom is 0.242 e. The number of hydrazine groups is 1. The van der Waals surface area contributed by atoms with Gasteiger partial charge in [-0.15, -0.1) is 0 Å². The summed E-state index contributed by atoms with van der Waals surface area (Å²) in [4.78, 5) is 6.15. The molecule has 1 saturated carbocycles. The van der Waals surface area contributed by atoms with Gasteiger partial charge in [0.25, 0.3) is 0 Å². The van der Waals surface area contributed by atoms with Gasteiger partial charge in [-0.2, -0.15) is 0 Å².